The number of hydrogen-bond donors (Lipinski definition) is 1. The van der Waals surface area contributed by atoms with Crippen molar-refractivity contribution in [3.8, 4) is 5.75 Å². The molecule has 0 heterocycles. The molecule has 0 spiro atoms. The average molecular weight is 396 g/mol. The third kappa shape index (κ3) is 5.07. The van der Waals surface area contributed by atoms with Crippen LogP contribution in [0.4, 0.5) is 0 Å². The first-order valence-corrected chi connectivity index (χ1v) is 10.4. The van der Waals surface area contributed by atoms with E-state index >= 15 is 0 Å². The Hall–Kier alpha value is -1.94. The van der Waals surface area contributed by atoms with E-state index in [0.29, 0.717) is 18.6 Å². The molecule has 8 nitrogen and oxygen atoms in total. The molecular weight excluding hydrogens is 371 g/mol. The van der Waals surface area contributed by atoms with Crippen LogP contribution in [-0.2, 0) is 30.8 Å². The Kier molecular flexibility index (Phi) is 6.99. The summed E-state index contributed by atoms with van der Waals surface area (Å²) in [5.74, 6) is 0.253. The molecule has 0 saturated heterocycles. The molecule has 0 aromatic heterocycles. The Morgan fingerprint density at radius 3 is 2.52 bits per heavy atom. The van der Waals surface area contributed by atoms with Gasteiger partial charge < -0.3 is 0 Å². The molecule has 0 aliphatic heterocycles. The second-order valence-electron chi connectivity index (χ2n) is 6.75. The second-order valence-corrected chi connectivity index (χ2v) is 8.69. The molecule has 1 aliphatic carbocycles. The molecule has 27 heavy (non-hydrogen) atoms. The predicted octanol–water partition coefficient (Wildman–Crippen LogP) is 1.57. The number of esters is 1. The van der Waals surface area contributed by atoms with E-state index in [9.17, 15) is 13.2 Å². The Labute approximate surface area is 160 Å². The van der Waals surface area contributed by atoms with Gasteiger partial charge in [0, 0.05) is 0 Å². The number of hydrogen-bond acceptors (Lipinski definition) is 7. The van der Waals surface area contributed by atoms with Crippen LogP contribution >= 0.6 is 0 Å². The van der Waals surface area contributed by atoms with Gasteiger partial charge in [-0.15, -0.1) is 0 Å². The number of benzene rings is 1. The standard InChI is InChI=1S/C17H25BN2O6S/c1-24-15-6-4-13(5-7-15)11-20(27(3,22)23)14-8-9-17(10-14,12-26-18-19)16(21)25-2/h4-7,14,19H,8-12H2,1-3H3/t14-,17-/m0/s1. The number of rotatable bonds is 9. The van der Waals surface area contributed by atoms with Crippen LogP contribution < -0.4 is 4.74 Å². The van der Waals surface area contributed by atoms with Crippen LogP contribution in [0.25, 0.3) is 0 Å². The van der Waals surface area contributed by atoms with Crippen LogP contribution in [0, 0.1) is 10.7 Å². The summed E-state index contributed by atoms with van der Waals surface area (Å²) in [6, 6.07) is 6.84. The molecule has 0 amide bonds. The predicted molar refractivity (Wildman–Crippen MR) is 99.9 cm³/mol. The van der Waals surface area contributed by atoms with E-state index in [1.165, 1.54) is 17.7 Å². The van der Waals surface area contributed by atoms with E-state index in [2.05, 4.69) is 0 Å². The Bertz CT molecular complexity index is 770. The summed E-state index contributed by atoms with van der Waals surface area (Å²) >= 11 is 0. The van der Waals surface area contributed by atoms with Gasteiger partial charge in [-0.2, -0.15) is 0 Å². The van der Waals surface area contributed by atoms with E-state index in [-0.39, 0.29) is 25.6 Å². The monoisotopic (exact) mass is 396 g/mol. The number of ether oxygens (including phenoxy) is 2. The van der Waals surface area contributed by atoms with E-state index < -0.39 is 21.4 Å². The number of sulfonamides is 1. The molecule has 2 rings (SSSR count). The summed E-state index contributed by atoms with van der Waals surface area (Å²) in [5, 5.41) is 7.05. The number of carbonyl (C=O) groups is 1. The molecule has 1 aliphatic rings. The van der Waals surface area contributed by atoms with Crippen LogP contribution in [-0.4, -0.2) is 59.1 Å². The maximum absolute atomic E-state index is 12.4. The van der Waals surface area contributed by atoms with Crippen molar-refractivity contribution in [2.75, 3.05) is 27.1 Å². The number of nitrogens with zero attached hydrogens (tertiary/aromatic N) is 1. The van der Waals surface area contributed by atoms with Gasteiger partial charge in [-0.05, 0) is 0 Å². The van der Waals surface area contributed by atoms with Crippen molar-refractivity contribution in [3.63, 3.8) is 0 Å². The minimum absolute atomic E-state index is 0.000187. The summed E-state index contributed by atoms with van der Waals surface area (Å²) in [6.07, 6.45) is 2.41. The molecular formula is C17H25BN2O6S. The van der Waals surface area contributed by atoms with Gasteiger partial charge in [0.2, 0.25) is 0 Å². The van der Waals surface area contributed by atoms with Crippen LogP contribution in [0.2, 0.25) is 0 Å². The number of methoxy groups -OCH3 is 2. The fraction of sp³-hybridized carbons (Fsp3) is 0.588. The average Bonchev–Trinajstić information content (AvgIpc) is 3.08. The molecule has 1 fully saturated rings. The van der Waals surface area contributed by atoms with Crippen molar-refractivity contribution in [3.05, 3.63) is 29.8 Å². The summed E-state index contributed by atoms with van der Waals surface area (Å²) < 4.78 is 41.4. The topological polar surface area (TPSA) is 106 Å². The summed E-state index contributed by atoms with van der Waals surface area (Å²) in [7, 11) is 0.148. The minimum atomic E-state index is -3.50. The Morgan fingerprint density at radius 1 is 1.33 bits per heavy atom. The third-order valence-corrected chi connectivity index (χ3v) is 6.25. The van der Waals surface area contributed by atoms with Gasteiger partial charge in [-0.1, -0.05) is 0 Å². The van der Waals surface area contributed by atoms with Crippen molar-refractivity contribution in [1.82, 2.24) is 4.31 Å². The van der Waals surface area contributed by atoms with Crippen molar-refractivity contribution in [1.29, 1.82) is 5.31 Å². The zero-order chi connectivity index (χ0) is 20.1. The number of carbonyl (C=O) groups excluding carboxylic acids is 1. The summed E-state index contributed by atoms with van der Waals surface area (Å²) in [4.78, 5) is 12.3. The molecule has 1 aromatic carbocycles. The quantitative estimate of drug-likeness (QED) is 0.502. The zero-order valence-corrected chi connectivity index (χ0v) is 16.6. The van der Waals surface area contributed by atoms with E-state index in [0.717, 1.165) is 12.8 Å². The molecule has 0 radical (unpaired) electrons. The first-order valence-electron chi connectivity index (χ1n) is 8.54. The molecule has 1 saturated carbocycles. The van der Waals surface area contributed by atoms with Crippen LogP contribution in [0.5, 0.6) is 5.75 Å². The fourth-order valence-corrected chi connectivity index (χ4v) is 4.67. The van der Waals surface area contributed by atoms with Crippen molar-refractivity contribution < 1.29 is 27.3 Å². The summed E-state index contributed by atoms with van der Waals surface area (Å²) in [5.41, 5.74) is -0.118. The van der Waals surface area contributed by atoms with Crippen LogP contribution in [0.3, 0.4) is 0 Å². The van der Waals surface area contributed by atoms with Gasteiger partial charge in [0.25, 0.3) is 0 Å². The van der Waals surface area contributed by atoms with Gasteiger partial charge in [0.1, 0.15) is 0 Å². The van der Waals surface area contributed by atoms with E-state index in [1.54, 1.807) is 19.2 Å². The van der Waals surface area contributed by atoms with Gasteiger partial charge in [-0.25, -0.2) is 0 Å². The van der Waals surface area contributed by atoms with Crippen molar-refractivity contribution >= 4 is 23.3 Å². The maximum atomic E-state index is 12.4. The van der Waals surface area contributed by atoms with E-state index in [4.69, 9.17) is 19.4 Å². The van der Waals surface area contributed by atoms with Gasteiger partial charge in [0.05, 0.1) is 7.11 Å². The van der Waals surface area contributed by atoms with Crippen molar-refractivity contribution in [2.24, 2.45) is 5.41 Å². The summed E-state index contributed by atoms with van der Waals surface area (Å²) in [6.45, 7) is 0.204. The van der Waals surface area contributed by atoms with Gasteiger partial charge in [-0.3, -0.25) is 0 Å². The zero-order valence-electron chi connectivity index (χ0n) is 15.8. The normalized spacial score (nSPS) is 22.3. The van der Waals surface area contributed by atoms with Crippen molar-refractivity contribution in [2.45, 2.75) is 31.8 Å². The van der Waals surface area contributed by atoms with Gasteiger partial charge in [0.15, 0.2) is 0 Å². The Morgan fingerprint density at radius 2 is 2.00 bits per heavy atom. The first kappa shape index (κ1) is 21.4. The molecule has 148 valence electrons. The third-order valence-electron chi connectivity index (χ3n) is 4.97. The van der Waals surface area contributed by atoms with Gasteiger partial charge >= 0.3 is 153 Å². The van der Waals surface area contributed by atoms with E-state index in [1.807, 2.05) is 12.1 Å². The Balaban J connectivity index is 2.24. The molecule has 1 N–H and O–H groups in total. The van der Waals surface area contributed by atoms with Crippen LogP contribution in [0.15, 0.2) is 24.3 Å². The molecule has 10 heteroatoms. The number of nitrogens with one attached hydrogen (secondary N) is 1. The first-order chi connectivity index (χ1) is 12.8. The fourth-order valence-electron chi connectivity index (χ4n) is 3.57. The molecule has 0 bridgehead atoms. The molecule has 2 atom stereocenters. The SMILES string of the molecule is COC(=O)[C@@]1(COB=N)CC[C@H](N(Cc2ccc(OC)cc2)S(C)(=O)=O)C1. The molecule has 1 aromatic rings. The van der Waals surface area contributed by atoms with Crippen LogP contribution in [0.1, 0.15) is 24.8 Å². The second kappa shape index (κ2) is 8.84. The molecule has 0 unspecified atom stereocenters.